The molecule has 1 aliphatic rings. The maximum atomic E-state index is 10.6. The predicted molar refractivity (Wildman–Crippen MR) is 41.8 cm³/mol. The van der Waals surface area contributed by atoms with Gasteiger partial charge >= 0.3 is 0 Å². The normalized spacial score (nSPS) is 21.4. The van der Waals surface area contributed by atoms with Gasteiger partial charge in [0.2, 0.25) is 5.91 Å². The van der Waals surface area contributed by atoms with Crippen LogP contribution in [0.2, 0.25) is 0 Å². The number of rotatable bonds is 0. The number of hydrogen-bond acceptors (Lipinski definition) is 2. The summed E-state index contributed by atoms with van der Waals surface area (Å²) >= 11 is 0. The van der Waals surface area contributed by atoms with Crippen LogP contribution >= 0.6 is 12.4 Å². The van der Waals surface area contributed by atoms with Gasteiger partial charge in [-0.3, -0.25) is 10.2 Å². The van der Waals surface area contributed by atoms with Crippen molar-refractivity contribution in [1.29, 1.82) is 0 Å². The molecule has 0 aromatic heterocycles. The van der Waals surface area contributed by atoms with Crippen molar-refractivity contribution in [3.05, 3.63) is 12.2 Å². The van der Waals surface area contributed by atoms with Crippen molar-refractivity contribution >= 4 is 18.3 Å². The minimum Gasteiger partial charge on any atom is -0.291 e. The maximum absolute atomic E-state index is 10.6. The van der Waals surface area contributed by atoms with Crippen LogP contribution in [0.1, 0.15) is 12.8 Å². The van der Waals surface area contributed by atoms with Crippen LogP contribution in [0, 0.1) is 0 Å². The summed E-state index contributed by atoms with van der Waals surface area (Å²) in [5.74, 6) is 0.0333. The van der Waals surface area contributed by atoms with Crippen LogP contribution in [0.25, 0.3) is 0 Å². The Morgan fingerprint density at radius 2 is 2.20 bits per heavy atom. The third kappa shape index (κ3) is 3.48. The molecule has 0 atom stereocenters. The summed E-state index contributed by atoms with van der Waals surface area (Å²) < 4.78 is 0. The van der Waals surface area contributed by atoms with Gasteiger partial charge in [-0.05, 0) is 6.42 Å². The topological polar surface area (TPSA) is 41.1 Å². The fraction of sp³-hybridized carbons (Fsp3) is 0.500. The van der Waals surface area contributed by atoms with E-state index in [2.05, 4.69) is 10.9 Å². The highest BCUT2D eigenvalue weighted by molar-refractivity contribution is 5.85. The molecule has 2 N–H and O–H groups in total. The lowest BCUT2D eigenvalue weighted by atomic mass is 10.3. The molecule has 1 amide bonds. The smallest absolute Gasteiger partial charge is 0.237 e. The molecule has 0 fully saturated rings. The van der Waals surface area contributed by atoms with Crippen molar-refractivity contribution in [1.82, 2.24) is 10.9 Å². The van der Waals surface area contributed by atoms with Crippen LogP contribution in [-0.4, -0.2) is 12.5 Å². The summed E-state index contributed by atoms with van der Waals surface area (Å²) in [6.45, 7) is 0.822. The van der Waals surface area contributed by atoms with Crippen molar-refractivity contribution in [3.8, 4) is 0 Å². The van der Waals surface area contributed by atoms with Crippen molar-refractivity contribution in [2.75, 3.05) is 6.54 Å². The maximum Gasteiger partial charge on any atom is 0.237 e. The van der Waals surface area contributed by atoms with Crippen molar-refractivity contribution in [3.63, 3.8) is 0 Å². The lowest BCUT2D eigenvalue weighted by Gasteiger charge is -2.06. The van der Waals surface area contributed by atoms with E-state index >= 15 is 0 Å². The third-order valence-corrected chi connectivity index (χ3v) is 1.13. The van der Waals surface area contributed by atoms with Gasteiger partial charge in [-0.25, -0.2) is 5.43 Å². The first-order valence-electron chi connectivity index (χ1n) is 3.06. The van der Waals surface area contributed by atoms with Crippen LogP contribution in [0.15, 0.2) is 12.2 Å². The van der Waals surface area contributed by atoms with Crippen molar-refractivity contribution in [2.24, 2.45) is 0 Å². The number of halogens is 1. The average molecular weight is 163 g/mol. The zero-order valence-corrected chi connectivity index (χ0v) is 6.41. The first-order chi connectivity index (χ1) is 4.39. The molecule has 1 heterocycles. The van der Waals surface area contributed by atoms with Gasteiger partial charge in [0.05, 0.1) is 0 Å². The summed E-state index contributed by atoms with van der Waals surface area (Å²) in [7, 11) is 0. The molecule has 10 heavy (non-hydrogen) atoms. The van der Waals surface area contributed by atoms with E-state index in [0.29, 0.717) is 6.42 Å². The molecule has 0 unspecified atom stereocenters. The van der Waals surface area contributed by atoms with E-state index in [1.165, 1.54) is 0 Å². The second-order valence-corrected chi connectivity index (χ2v) is 1.94. The highest BCUT2D eigenvalue weighted by Gasteiger charge is 1.97. The number of carbonyl (C=O) groups is 1. The zero-order valence-electron chi connectivity index (χ0n) is 5.59. The van der Waals surface area contributed by atoms with Gasteiger partial charge < -0.3 is 0 Å². The van der Waals surface area contributed by atoms with E-state index in [9.17, 15) is 4.79 Å². The van der Waals surface area contributed by atoms with E-state index in [4.69, 9.17) is 0 Å². The summed E-state index contributed by atoms with van der Waals surface area (Å²) in [6, 6.07) is 0. The summed E-state index contributed by atoms with van der Waals surface area (Å²) in [5, 5.41) is 0. The molecule has 1 rings (SSSR count). The fourth-order valence-electron chi connectivity index (χ4n) is 0.676. The van der Waals surface area contributed by atoms with Gasteiger partial charge in [0.1, 0.15) is 0 Å². The quantitative estimate of drug-likeness (QED) is 0.506. The zero-order chi connectivity index (χ0) is 6.53. The van der Waals surface area contributed by atoms with Gasteiger partial charge in [-0.2, -0.15) is 0 Å². The molecule has 3 nitrogen and oxygen atoms in total. The molecule has 0 aliphatic carbocycles. The molecule has 0 saturated carbocycles. The summed E-state index contributed by atoms with van der Waals surface area (Å²) in [6.07, 6.45) is 5.37. The molecule has 0 aromatic rings. The van der Waals surface area contributed by atoms with Crippen LogP contribution < -0.4 is 10.9 Å². The molecular weight excluding hydrogens is 152 g/mol. The molecule has 0 bridgehead atoms. The first-order valence-corrected chi connectivity index (χ1v) is 3.06. The predicted octanol–water partition coefficient (Wildman–Crippen LogP) is 0.379. The van der Waals surface area contributed by atoms with Gasteiger partial charge in [0, 0.05) is 13.0 Å². The minimum absolute atomic E-state index is 0. The Hall–Kier alpha value is -0.540. The summed E-state index contributed by atoms with van der Waals surface area (Å²) in [5.41, 5.74) is 5.33. The van der Waals surface area contributed by atoms with E-state index in [1.54, 1.807) is 0 Å². The number of nitrogens with one attached hydrogen (secondary N) is 2. The standard InChI is InChI=1S/C6H10N2O.ClH/c9-6-4-2-1-3-5-7-8-6;/h1-2,7H,3-5H2,(H,8,9);1H/b2-1-;. The lowest BCUT2D eigenvalue weighted by molar-refractivity contribution is -0.121. The van der Waals surface area contributed by atoms with Gasteiger partial charge in [0.25, 0.3) is 0 Å². The Balaban J connectivity index is 0.000000810. The largest absolute Gasteiger partial charge is 0.291 e. The molecule has 0 spiro atoms. The minimum atomic E-state index is 0. The van der Waals surface area contributed by atoms with Crippen LogP contribution in [0.4, 0.5) is 0 Å². The Bertz CT molecular complexity index is 136. The summed E-state index contributed by atoms with van der Waals surface area (Å²) in [4.78, 5) is 10.6. The Morgan fingerprint density at radius 3 is 3.00 bits per heavy atom. The van der Waals surface area contributed by atoms with Crippen LogP contribution in [-0.2, 0) is 4.79 Å². The monoisotopic (exact) mass is 162 g/mol. The SMILES string of the molecule is Cl.O=C1C/C=C\CCNN1. The number of carbonyl (C=O) groups excluding carboxylic acids is 1. The number of hydrazine groups is 1. The van der Waals surface area contributed by atoms with E-state index in [0.717, 1.165) is 13.0 Å². The molecule has 0 aromatic carbocycles. The Morgan fingerprint density at radius 1 is 1.40 bits per heavy atom. The number of hydrogen-bond donors (Lipinski definition) is 2. The lowest BCUT2D eigenvalue weighted by Crippen LogP contribution is -2.38. The fourth-order valence-corrected chi connectivity index (χ4v) is 0.676. The second kappa shape index (κ2) is 5.26. The third-order valence-electron chi connectivity index (χ3n) is 1.13. The Kier molecular flexibility index (Phi) is 4.98. The van der Waals surface area contributed by atoms with Gasteiger partial charge in [-0.15, -0.1) is 12.4 Å². The first kappa shape index (κ1) is 9.46. The molecule has 0 radical (unpaired) electrons. The molecule has 58 valence electrons. The highest BCUT2D eigenvalue weighted by Crippen LogP contribution is 1.88. The average Bonchev–Trinajstić information content (AvgIpc) is 1.79. The molecular formula is C6H11ClN2O. The van der Waals surface area contributed by atoms with Gasteiger partial charge in [0.15, 0.2) is 0 Å². The van der Waals surface area contributed by atoms with Gasteiger partial charge in [-0.1, -0.05) is 12.2 Å². The molecule has 4 heteroatoms. The second-order valence-electron chi connectivity index (χ2n) is 1.94. The highest BCUT2D eigenvalue weighted by atomic mass is 35.5. The number of amides is 1. The van der Waals surface area contributed by atoms with Crippen LogP contribution in [0.5, 0.6) is 0 Å². The van der Waals surface area contributed by atoms with E-state index in [1.807, 2.05) is 12.2 Å². The van der Waals surface area contributed by atoms with Crippen molar-refractivity contribution < 1.29 is 4.79 Å². The van der Waals surface area contributed by atoms with Crippen molar-refractivity contribution in [2.45, 2.75) is 12.8 Å². The van der Waals surface area contributed by atoms with E-state index < -0.39 is 0 Å². The van der Waals surface area contributed by atoms with Crippen LogP contribution in [0.3, 0.4) is 0 Å². The molecule has 1 aliphatic heterocycles. The Labute approximate surface area is 66.3 Å². The molecule has 0 saturated heterocycles. The van der Waals surface area contributed by atoms with E-state index in [-0.39, 0.29) is 18.3 Å².